The summed E-state index contributed by atoms with van der Waals surface area (Å²) in [4.78, 5) is 2.44. The molecule has 0 saturated carbocycles. The quantitative estimate of drug-likeness (QED) is 0.876. The van der Waals surface area contributed by atoms with Gasteiger partial charge in [0.05, 0.1) is 12.6 Å². The van der Waals surface area contributed by atoms with Crippen molar-refractivity contribution in [2.75, 3.05) is 24.6 Å². The summed E-state index contributed by atoms with van der Waals surface area (Å²) in [6.45, 7) is 8.73. The van der Waals surface area contributed by atoms with E-state index in [0.717, 1.165) is 25.9 Å². The Labute approximate surface area is 116 Å². The van der Waals surface area contributed by atoms with Crippen molar-refractivity contribution in [1.29, 1.82) is 0 Å². The standard InChI is InChI=1S/C16H26N2O/c1-4-14-7-5-6-12(2)16(14)18-13(3)8-9-17-10-15(18)11-19/h5-7,13,15,17,19H,4,8-11H2,1-3H3. The van der Waals surface area contributed by atoms with E-state index in [0.29, 0.717) is 6.04 Å². The second-order valence-electron chi connectivity index (χ2n) is 5.52. The maximum atomic E-state index is 9.74. The van der Waals surface area contributed by atoms with E-state index in [9.17, 15) is 5.11 Å². The van der Waals surface area contributed by atoms with Gasteiger partial charge in [0.15, 0.2) is 0 Å². The number of hydrogen-bond donors (Lipinski definition) is 2. The predicted molar refractivity (Wildman–Crippen MR) is 80.9 cm³/mol. The van der Waals surface area contributed by atoms with Gasteiger partial charge in [-0.3, -0.25) is 0 Å². The number of nitrogens with one attached hydrogen (secondary N) is 1. The van der Waals surface area contributed by atoms with Gasteiger partial charge in [0.1, 0.15) is 0 Å². The summed E-state index contributed by atoms with van der Waals surface area (Å²) in [7, 11) is 0. The molecule has 1 heterocycles. The molecule has 1 aromatic carbocycles. The SMILES string of the molecule is CCc1cccc(C)c1N1C(C)CCNCC1CO. The van der Waals surface area contributed by atoms with E-state index in [1.54, 1.807) is 0 Å². The number of aryl methyl sites for hydroxylation is 2. The van der Waals surface area contributed by atoms with Crippen molar-refractivity contribution in [1.82, 2.24) is 5.32 Å². The first-order chi connectivity index (χ1) is 9.19. The zero-order valence-electron chi connectivity index (χ0n) is 12.3. The van der Waals surface area contributed by atoms with Crippen LogP contribution in [-0.2, 0) is 6.42 Å². The Balaban J connectivity index is 2.46. The Morgan fingerprint density at radius 1 is 1.42 bits per heavy atom. The summed E-state index contributed by atoms with van der Waals surface area (Å²) in [5.74, 6) is 0. The lowest BCUT2D eigenvalue weighted by molar-refractivity contribution is 0.255. The molecule has 19 heavy (non-hydrogen) atoms. The fraction of sp³-hybridized carbons (Fsp3) is 0.625. The van der Waals surface area contributed by atoms with E-state index in [1.165, 1.54) is 16.8 Å². The van der Waals surface area contributed by atoms with Crippen molar-refractivity contribution in [3.63, 3.8) is 0 Å². The van der Waals surface area contributed by atoms with Gasteiger partial charge in [0, 0.05) is 18.3 Å². The van der Waals surface area contributed by atoms with Crippen LogP contribution in [0.25, 0.3) is 0 Å². The molecule has 1 fully saturated rings. The molecule has 2 unspecified atom stereocenters. The second kappa shape index (κ2) is 6.40. The predicted octanol–water partition coefficient (Wildman–Crippen LogP) is 2.11. The lowest BCUT2D eigenvalue weighted by Gasteiger charge is -2.38. The van der Waals surface area contributed by atoms with Crippen LogP contribution in [0.15, 0.2) is 18.2 Å². The fourth-order valence-electron chi connectivity index (χ4n) is 3.11. The molecule has 0 bridgehead atoms. The fourth-order valence-corrected chi connectivity index (χ4v) is 3.11. The first-order valence-corrected chi connectivity index (χ1v) is 7.37. The molecule has 1 aliphatic rings. The molecular formula is C16H26N2O. The van der Waals surface area contributed by atoms with Gasteiger partial charge in [-0.05, 0) is 44.4 Å². The molecular weight excluding hydrogens is 236 g/mol. The normalized spacial score (nSPS) is 24.3. The maximum absolute atomic E-state index is 9.74. The van der Waals surface area contributed by atoms with Gasteiger partial charge in [-0.2, -0.15) is 0 Å². The highest BCUT2D eigenvalue weighted by Gasteiger charge is 2.28. The van der Waals surface area contributed by atoms with Crippen LogP contribution in [0.2, 0.25) is 0 Å². The first-order valence-electron chi connectivity index (χ1n) is 7.37. The molecule has 2 rings (SSSR count). The summed E-state index contributed by atoms with van der Waals surface area (Å²) in [5, 5.41) is 13.2. The third-order valence-electron chi connectivity index (χ3n) is 4.16. The minimum atomic E-state index is 0.170. The van der Waals surface area contributed by atoms with Gasteiger partial charge >= 0.3 is 0 Å². The van der Waals surface area contributed by atoms with Crippen LogP contribution in [0, 0.1) is 6.92 Å². The monoisotopic (exact) mass is 262 g/mol. The van der Waals surface area contributed by atoms with E-state index >= 15 is 0 Å². The van der Waals surface area contributed by atoms with Gasteiger partial charge in [-0.25, -0.2) is 0 Å². The minimum Gasteiger partial charge on any atom is -0.394 e. The van der Waals surface area contributed by atoms with Crippen molar-refractivity contribution in [3.8, 4) is 0 Å². The summed E-state index contributed by atoms with van der Waals surface area (Å²) in [6.07, 6.45) is 2.15. The van der Waals surface area contributed by atoms with Crippen LogP contribution in [-0.4, -0.2) is 36.9 Å². The summed E-state index contributed by atoms with van der Waals surface area (Å²) < 4.78 is 0. The highest BCUT2D eigenvalue weighted by atomic mass is 16.3. The average Bonchev–Trinajstić information content (AvgIpc) is 2.60. The van der Waals surface area contributed by atoms with E-state index in [4.69, 9.17) is 0 Å². The summed E-state index contributed by atoms with van der Waals surface area (Å²) in [6, 6.07) is 7.14. The van der Waals surface area contributed by atoms with E-state index in [-0.39, 0.29) is 12.6 Å². The molecule has 106 valence electrons. The molecule has 0 amide bonds. The molecule has 2 N–H and O–H groups in total. The highest BCUT2D eigenvalue weighted by molar-refractivity contribution is 5.61. The molecule has 1 aliphatic heterocycles. The van der Waals surface area contributed by atoms with Crippen molar-refractivity contribution in [2.24, 2.45) is 0 Å². The first kappa shape index (κ1) is 14.4. The Hall–Kier alpha value is -1.06. The summed E-state index contributed by atoms with van der Waals surface area (Å²) in [5.41, 5.74) is 4.03. The maximum Gasteiger partial charge on any atom is 0.0648 e. The highest BCUT2D eigenvalue weighted by Crippen LogP contribution is 2.30. The third-order valence-corrected chi connectivity index (χ3v) is 4.16. The molecule has 2 atom stereocenters. The Kier molecular flexibility index (Phi) is 4.83. The second-order valence-corrected chi connectivity index (χ2v) is 5.52. The van der Waals surface area contributed by atoms with E-state index in [1.807, 2.05) is 0 Å². The molecule has 3 heteroatoms. The Morgan fingerprint density at radius 3 is 2.89 bits per heavy atom. The van der Waals surface area contributed by atoms with Crippen LogP contribution in [0.1, 0.15) is 31.4 Å². The van der Waals surface area contributed by atoms with Crippen molar-refractivity contribution >= 4 is 5.69 Å². The van der Waals surface area contributed by atoms with E-state index in [2.05, 4.69) is 49.2 Å². The molecule has 0 aromatic heterocycles. The number of anilines is 1. The van der Waals surface area contributed by atoms with Crippen LogP contribution in [0.4, 0.5) is 5.69 Å². The van der Waals surface area contributed by atoms with Crippen LogP contribution in [0.5, 0.6) is 0 Å². The Morgan fingerprint density at radius 2 is 2.21 bits per heavy atom. The zero-order chi connectivity index (χ0) is 13.8. The van der Waals surface area contributed by atoms with Crippen LogP contribution in [0.3, 0.4) is 0 Å². The van der Waals surface area contributed by atoms with Gasteiger partial charge < -0.3 is 15.3 Å². The van der Waals surface area contributed by atoms with Crippen molar-refractivity contribution in [3.05, 3.63) is 29.3 Å². The third kappa shape index (κ3) is 2.93. The van der Waals surface area contributed by atoms with Gasteiger partial charge in [-0.1, -0.05) is 25.1 Å². The van der Waals surface area contributed by atoms with Gasteiger partial charge in [0.25, 0.3) is 0 Å². The largest absolute Gasteiger partial charge is 0.394 e. The number of aliphatic hydroxyl groups excluding tert-OH is 1. The number of hydrogen-bond acceptors (Lipinski definition) is 3. The summed E-state index contributed by atoms with van der Waals surface area (Å²) >= 11 is 0. The van der Waals surface area contributed by atoms with Crippen molar-refractivity contribution < 1.29 is 5.11 Å². The number of benzene rings is 1. The number of para-hydroxylation sites is 1. The molecule has 3 nitrogen and oxygen atoms in total. The smallest absolute Gasteiger partial charge is 0.0648 e. The zero-order valence-corrected chi connectivity index (χ0v) is 12.3. The number of aliphatic hydroxyl groups is 1. The van der Waals surface area contributed by atoms with Crippen LogP contribution < -0.4 is 10.2 Å². The topological polar surface area (TPSA) is 35.5 Å². The van der Waals surface area contributed by atoms with Crippen molar-refractivity contribution in [2.45, 2.75) is 45.7 Å². The lowest BCUT2D eigenvalue weighted by Crippen LogP contribution is -2.47. The van der Waals surface area contributed by atoms with E-state index < -0.39 is 0 Å². The molecule has 0 aliphatic carbocycles. The number of nitrogens with zero attached hydrogens (tertiary/aromatic N) is 1. The average molecular weight is 262 g/mol. The number of rotatable bonds is 3. The van der Waals surface area contributed by atoms with Gasteiger partial charge in [0.2, 0.25) is 0 Å². The minimum absolute atomic E-state index is 0.170. The molecule has 1 saturated heterocycles. The van der Waals surface area contributed by atoms with Gasteiger partial charge in [-0.15, -0.1) is 0 Å². The molecule has 0 radical (unpaired) electrons. The van der Waals surface area contributed by atoms with Crippen LogP contribution >= 0.6 is 0 Å². The Bertz CT molecular complexity index is 419. The molecule has 1 aromatic rings. The molecule has 0 spiro atoms. The lowest BCUT2D eigenvalue weighted by atomic mass is 10.0.